The van der Waals surface area contributed by atoms with Gasteiger partial charge in [-0.2, -0.15) is 21.0 Å². The molecule has 0 saturated carbocycles. The van der Waals surface area contributed by atoms with E-state index in [4.69, 9.17) is 9.97 Å². The molecule has 0 unspecified atom stereocenters. The van der Waals surface area contributed by atoms with Crippen molar-refractivity contribution in [2.24, 2.45) is 0 Å². The highest BCUT2D eigenvalue weighted by Gasteiger charge is 2.23. The molecule has 354 valence electrons. The lowest BCUT2D eigenvalue weighted by atomic mass is 9.95. The summed E-state index contributed by atoms with van der Waals surface area (Å²) in [4.78, 5) is 9.85. The quantitative estimate of drug-likeness (QED) is 0.156. The Hall–Kier alpha value is -11.4. The first-order chi connectivity index (χ1) is 38.0. The Morgan fingerprint density at radius 2 is 0.701 bits per heavy atom. The topological polar surface area (TPSA) is 136 Å². The highest BCUT2D eigenvalue weighted by molar-refractivity contribution is 6.14. The molecule has 0 fully saturated rings. The fraction of sp³-hybridized carbons (Fsp3) is 0. The van der Waals surface area contributed by atoms with Crippen LogP contribution in [0.5, 0.6) is 0 Å². The van der Waals surface area contributed by atoms with E-state index in [0.717, 1.165) is 66.4 Å². The Bertz CT molecular complexity index is 4630. The summed E-state index contributed by atoms with van der Waals surface area (Å²) in [5, 5.41) is 48.9. The fourth-order valence-electron chi connectivity index (χ4n) is 11.4. The number of benzene rings is 10. The van der Waals surface area contributed by atoms with Gasteiger partial charge in [0.05, 0.1) is 90.6 Å². The molecule has 0 aliphatic rings. The Morgan fingerprint density at radius 1 is 0.286 bits per heavy atom. The number of para-hydroxylation sites is 4. The van der Waals surface area contributed by atoms with Crippen LogP contribution in [0, 0.1) is 45.3 Å². The monoisotopic (exact) mass is 979 g/mol. The summed E-state index contributed by atoms with van der Waals surface area (Å²) >= 11 is 0. The van der Waals surface area contributed by atoms with Crippen molar-refractivity contribution in [1.29, 1.82) is 21.0 Å². The minimum atomic E-state index is 0.350. The predicted molar refractivity (Wildman–Crippen MR) is 306 cm³/mol. The van der Waals surface area contributed by atoms with Crippen LogP contribution in [-0.2, 0) is 0 Å². The van der Waals surface area contributed by atoms with Gasteiger partial charge >= 0.3 is 0 Å². The van der Waals surface area contributed by atoms with Crippen molar-refractivity contribution in [2.75, 3.05) is 0 Å². The van der Waals surface area contributed by atoms with Crippen LogP contribution in [0.2, 0.25) is 0 Å². The van der Waals surface area contributed by atoms with Crippen molar-refractivity contribution in [3.63, 3.8) is 0 Å². The fourth-order valence-corrected chi connectivity index (χ4v) is 11.4. The van der Waals surface area contributed by atoms with Crippen molar-refractivity contribution in [3.05, 3.63) is 247 Å². The number of nitriles is 4. The van der Waals surface area contributed by atoms with Crippen molar-refractivity contribution in [3.8, 4) is 86.4 Å². The van der Waals surface area contributed by atoms with Gasteiger partial charge < -0.3 is 13.7 Å². The van der Waals surface area contributed by atoms with Crippen molar-refractivity contribution >= 4 is 65.4 Å². The maximum Gasteiger partial charge on any atom is 0.161 e. The summed E-state index contributed by atoms with van der Waals surface area (Å²) in [5.41, 5.74) is 14.9. The Labute approximate surface area is 441 Å². The highest BCUT2D eigenvalue weighted by Crippen LogP contribution is 2.42. The zero-order valence-corrected chi connectivity index (χ0v) is 40.9. The van der Waals surface area contributed by atoms with Gasteiger partial charge in [0, 0.05) is 65.9 Å². The van der Waals surface area contributed by atoms with Crippen LogP contribution in [0.25, 0.3) is 128 Å². The molecule has 0 amide bonds. The molecule has 0 spiro atoms. The Balaban J connectivity index is 0.937. The van der Waals surface area contributed by atoms with Crippen LogP contribution in [0.3, 0.4) is 0 Å². The molecule has 0 atom stereocenters. The average molecular weight is 980 g/mol. The second-order valence-corrected chi connectivity index (χ2v) is 19.0. The molecular weight excluding hydrogens is 943 g/mol. The van der Waals surface area contributed by atoms with E-state index in [-0.39, 0.29) is 0 Å². The summed E-state index contributed by atoms with van der Waals surface area (Å²) < 4.78 is 6.77. The molecular formula is C68H37N9. The average Bonchev–Trinajstić information content (AvgIpc) is 4.29. The molecule has 4 heterocycles. The van der Waals surface area contributed by atoms with Crippen LogP contribution in [0.15, 0.2) is 224 Å². The molecule has 0 saturated heterocycles. The third kappa shape index (κ3) is 6.98. The number of rotatable bonds is 7. The lowest BCUT2D eigenvalue weighted by Crippen LogP contribution is -2.01. The number of nitrogens with zero attached hydrogens (tertiary/aromatic N) is 9. The van der Waals surface area contributed by atoms with Gasteiger partial charge in [0.15, 0.2) is 5.82 Å². The van der Waals surface area contributed by atoms with E-state index in [1.165, 1.54) is 21.5 Å². The second-order valence-electron chi connectivity index (χ2n) is 19.0. The molecule has 0 N–H and O–H groups in total. The minimum Gasteiger partial charge on any atom is -0.309 e. The summed E-state index contributed by atoms with van der Waals surface area (Å²) in [7, 11) is 0. The smallest absolute Gasteiger partial charge is 0.161 e. The largest absolute Gasteiger partial charge is 0.309 e. The van der Waals surface area contributed by atoms with E-state index >= 15 is 0 Å². The normalized spacial score (nSPS) is 11.3. The van der Waals surface area contributed by atoms with E-state index in [1.807, 2.05) is 72.8 Å². The maximum atomic E-state index is 11.1. The van der Waals surface area contributed by atoms with E-state index in [9.17, 15) is 21.0 Å². The first-order valence-corrected chi connectivity index (χ1v) is 25.0. The maximum absolute atomic E-state index is 11.1. The van der Waals surface area contributed by atoms with E-state index in [1.54, 1.807) is 18.2 Å². The lowest BCUT2D eigenvalue weighted by Gasteiger charge is -2.15. The van der Waals surface area contributed by atoms with Gasteiger partial charge in [0.1, 0.15) is 6.07 Å². The molecule has 14 aromatic rings. The van der Waals surface area contributed by atoms with Crippen LogP contribution in [0.4, 0.5) is 0 Å². The molecule has 10 aromatic carbocycles. The van der Waals surface area contributed by atoms with Gasteiger partial charge in [0.25, 0.3) is 0 Å². The van der Waals surface area contributed by atoms with Gasteiger partial charge in [-0.3, -0.25) is 0 Å². The SMILES string of the molecule is N#Cc1cc(-n2c3ccc(-n4c5ccccc5c5ccccc54)cc3c3cc(-n4c5ccccc5c5ccccc54)ccc32)c(C#N)cc1-c1ccc(-c2cc(-c3ccccc3C#N)nc(-c3ccccc3C#N)n2)cc1. The summed E-state index contributed by atoms with van der Waals surface area (Å²) in [5.74, 6) is 0.350. The van der Waals surface area contributed by atoms with Gasteiger partial charge in [-0.15, -0.1) is 0 Å². The van der Waals surface area contributed by atoms with E-state index in [0.29, 0.717) is 61.8 Å². The highest BCUT2D eigenvalue weighted by atomic mass is 15.0. The summed E-state index contributed by atoms with van der Waals surface area (Å²) in [6.45, 7) is 0. The zero-order valence-electron chi connectivity index (χ0n) is 40.9. The van der Waals surface area contributed by atoms with Crippen molar-refractivity contribution in [1.82, 2.24) is 23.7 Å². The first-order valence-electron chi connectivity index (χ1n) is 25.0. The number of hydrogen-bond donors (Lipinski definition) is 0. The van der Waals surface area contributed by atoms with Gasteiger partial charge in [-0.25, -0.2) is 9.97 Å². The molecule has 9 heteroatoms. The standard InChI is InChI=1S/C68H37N9/c69-38-44-13-1-3-15-50(44)60-37-59(73-68(74-60)51-16-4-2-14-45(51)39-70)43-27-25-42(26-28-43)56-33-47(41-72)67(34-46(56)40-71)77-65-31-29-48(75-61-21-9-5-17-52(61)53-18-6-10-22-62(53)75)35-57(65)58-36-49(30-32-66(58)77)76-63-23-11-7-19-54(63)55-20-8-12-24-64(55)76/h1-37H. The summed E-state index contributed by atoms with van der Waals surface area (Å²) in [6, 6.07) is 84.2. The second kappa shape index (κ2) is 17.7. The van der Waals surface area contributed by atoms with Crippen molar-refractivity contribution in [2.45, 2.75) is 0 Å². The molecule has 77 heavy (non-hydrogen) atoms. The first kappa shape index (κ1) is 44.3. The Morgan fingerprint density at radius 3 is 1.21 bits per heavy atom. The molecule has 14 rings (SSSR count). The van der Waals surface area contributed by atoms with Crippen molar-refractivity contribution < 1.29 is 0 Å². The van der Waals surface area contributed by atoms with Crippen LogP contribution in [-0.4, -0.2) is 23.7 Å². The minimum absolute atomic E-state index is 0.350. The molecule has 0 radical (unpaired) electrons. The van der Waals surface area contributed by atoms with E-state index < -0.39 is 0 Å². The number of fused-ring (bicyclic) bond motifs is 9. The number of hydrogen-bond acceptors (Lipinski definition) is 6. The lowest BCUT2D eigenvalue weighted by molar-refractivity contribution is 1.15. The third-order valence-electron chi connectivity index (χ3n) is 14.9. The molecule has 9 nitrogen and oxygen atoms in total. The van der Waals surface area contributed by atoms with Gasteiger partial charge in [0.2, 0.25) is 0 Å². The molecule has 0 bridgehead atoms. The molecule has 4 aromatic heterocycles. The van der Waals surface area contributed by atoms with Gasteiger partial charge in [-0.1, -0.05) is 127 Å². The van der Waals surface area contributed by atoms with Crippen LogP contribution < -0.4 is 0 Å². The molecule has 0 aliphatic heterocycles. The third-order valence-corrected chi connectivity index (χ3v) is 14.9. The van der Waals surface area contributed by atoms with Crippen LogP contribution in [0.1, 0.15) is 22.3 Å². The zero-order chi connectivity index (χ0) is 51.7. The number of aromatic nitrogens is 5. The van der Waals surface area contributed by atoms with Gasteiger partial charge in [-0.05, 0) is 103 Å². The van der Waals surface area contributed by atoms with E-state index in [2.05, 4.69) is 171 Å². The summed E-state index contributed by atoms with van der Waals surface area (Å²) in [6.07, 6.45) is 0. The van der Waals surface area contributed by atoms with Crippen LogP contribution >= 0.6 is 0 Å². The Kier molecular flexibility index (Phi) is 10.2. The molecule has 0 aliphatic carbocycles. The predicted octanol–water partition coefficient (Wildman–Crippen LogP) is 15.9.